The monoisotopic (exact) mass is 323 g/mol. The maximum atomic E-state index is 11.9. The third-order valence-corrected chi connectivity index (χ3v) is 3.44. The molecule has 0 radical (unpaired) electrons. The van der Waals surface area contributed by atoms with Crippen LogP contribution >= 0.6 is 23.2 Å². The number of carbonyl (C=O) groups excluding carboxylic acids is 1. The molecule has 0 aromatic heterocycles. The highest BCUT2D eigenvalue weighted by atomic mass is 35.5. The van der Waals surface area contributed by atoms with Crippen LogP contribution in [0.2, 0.25) is 5.02 Å². The Bertz CT molecular complexity index is 573. The van der Waals surface area contributed by atoms with Crippen molar-refractivity contribution in [2.24, 2.45) is 0 Å². The van der Waals surface area contributed by atoms with E-state index in [0.717, 1.165) is 5.56 Å². The number of amides is 1. The number of alkyl halides is 1. The van der Waals surface area contributed by atoms with E-state index < -0.39 is 0 Å². The average molecular weight is 324 g/mol. The van der Waals surface area contributed by atoms with Crippen LogP contribution in [0.1, 0.15) is 11.6 Å². The number of benzene rings is 2. The van der Waals surface area contributed by atoms with Crippen molar-refractivity contribution in [1.82, 2.24) is 5.32 Å². The van der Waals surface area contributed by atoms with Crippen molar-refractivity contribution in [1.29, 1.82) is 0 Å². The molecular formula is C16H15Cl2NO2. The van der Waals surface area contributed by atoms with Crippen LogP contribution in [0.3, 0.4) is 0 Å². The summed E-state index contributed by atoms with van der Waals surface area (Å²) < 4.78 is 5.39. The van der Waals surface area contributed by atoms with Gasteiger partial charge in [-0.3, -0.25) is 4.79 Å². The summed E-state index contributed by atoms with van der Waals surface area (Å²) in [7, 11) is 0. The normalized spacial score (nSPS) is 11.7. The quantitative estimate of drug-likeness (QED) is 0.821. The van der Waals surface area contributed by atoms with Crippen LogP contribution in [0.25, 0.3) is 0 Å². The molecule has 0 aliphatic heterocycles. The molecule has 1 unspecified atom stereocenters. The highest BCUT2D eigenvalue weighted by molar-refractivity contribution is 6.30. The van der Waals surface area contributed by atoms with E-state index in [9.17, 15) is 4.79 Å². The second-order valence-electron chi connectivity index (χ2n) is 4.43. The van der Waals surface area contributed by atoms with E-state index in [2.05, 4.69) is 5.32 Å². The van der Waals surface area contributed by atoms with Crippen LogP contribution in [0, 0.1) is 0 Å². The lowest BCUT2D eigenvalue weighted by Crippen LogP contribution is -2.33. The van der Waals surface area contributed by atoms with Gasteiger partial charge >= 0.3 is 0 Å². The van der Waals surface area contributed by atoms with Crippen LogP contribution in [0.4, 0.5) is 0 Å². The fraction of sp³-hybridized carbons (Fsp3) is 0.188. The Hall–Kier alpha value is -1.71. The third-order valence-electron chi connectivity index (χ3n) is 2.88. The predicted molar refractivity (Wildman–Crippen MR) is 85.0 cm³/mol. The Labute approximate surface area is 133 Å². The van der Waals surface area contributed by atoms with Crippen LogP contribution in [-0.2, 0) is 4.79 Å². The molecule has 21 heavy (non-hydrogen) atoms. The molecule has 5 heteroatoms. The molecule has 0 aliphatic rings. The second kappa shape index (κ2) is 7.91. The van der Waals surface area contributed by atoms with Gasteiger partial charge in [-0.05, 0) is 29.8 Å². The van der Waals surface area contributed by atoms with Crippen LogP contribution < -0.4 is 10.1 Å². The molecule has 0 saturated carbocycles. The minimum atomic E-state index is -0.228. The number of nitrogens with one attached hydrogen (secondary N) is 1. The zero-order chi connectivity index (χ0) is 15.1. The van der Waals surface area contributed by atoms with Crippen molar-refractivity contribution in [3.05, 3.63) is 65.2 Å². The molecule has 0 spiro atoms. The van der Waals surface area contributed by atoms with Gasteiger partial charge in [0.1, 0.15) is 5.75 Å². The first kappa shape index (κ1) is 15.7. The molecule has 3 nitrogen and oxygen atoms in total. The zero-order valence-electron chi connectivity index (χ0n) is 11.3. The van der Waals surface area contributed by atoms with Gasteiger partial charge < -0.3 is 10.1 Å². The molecule has 2 aromatic carbocycles. The summed E-state index contributed by atoms with van der Waals surface area (Å²) >= 11 is 11.7. The van der Waals surface area contributed by atoms with E-state index in [1.807, 2.05) is 30.3 Å². The molecule has 0 aliphatic carbocycles. The van der Waals surface area contributed by atoms with E-state index in [1.54, 1.807) is 24.3 Å². The molecule has 110 valence electrons. The molecule has 1 amide bonds. The van der Waals surface area contributed by atoms with Gasteiger partial charge in [-0.25, -0.2) is 0 Å². The molecule has 1 atom stereocenters. The van der Waals surface area contributed by atoms with Crippen molar-refractivity contribution < 1.29 is 9.53 Å². The molecule has 0 saturated heterocycles. The first-order valence-electron chi connectivity index (χ1n) is 6.47. The van der Waals surface area contributed by atoms with Crippen molar-refractivity contribution in [3.8, 4) is 5.75 Å². The maximum absolute atomic E-state index is 11.9. The minimum Gasteiger partial charge on any atom is -0.484 e. The van der Waals surface area contributed by atoms with Gasteiger partial charge in [-0.1, -0.05) is 41.9 Å². The van der Waals surface area contributed by atoms with Crippen molar-refractivity contribution in [2.75, 3.05) is 12.5 Å². The van der Waals surface area contributed by atoms with Crippen LogP contribution in [-0.4, -0.2) is 18.4 Å². The summed E-state index contributed by atoms with van der Waals surface area (Å²) in [6, 6.07) is 16.2. The standard InChI is InChI=1S/C16H15Cl2NO2/c17-10-15(12-4-2-1-3-5-12)19-16(20)11-21-14-8-6-13(18)7-9-14/h1-9,15H,10-11H2,(H,19,20). The summed E-state index contributed by atoms with van der Waals surface area (Å²) in [6.45, 7) is -0.0676. The summed E-state index contributed by atoms with van der Waals surface area (Å²) in [5.41, 5.74) is 0.965. The summed E-state index contributed by atoms with van der Waals surface area (Å²) in [5.74, 6) is 0.674. The lowest BCUT2D eigenvalue weighted by atomic mass is 10.1. The number of halogens is 2. The molecule has 2 rings (SSSR count). The Morgan fingerprint density at radius 1 is 1.10 bits per heavy atom. The lowest BCUT2D eigenvalue weighted by Gasteiger charge is -2.16. The fourth-order valence-corrected chi connectivity index (χ4v) is 2.19. The van der Waals surface area contributed by atoms with Crippen molar-refractivity contribution in [3.63, 3.8) is 0 Å². The van der Waals surface area contributed by atoms with Crippen molar-refractivity contribution >= 4 is 29.1 Å². The molecule has 2 aromatic rings. The van der Waals surface area contributed by atoms with E-state index in [4.69, 9.17) is 27.9 Å². The number of rotatable bonds is 6. The number of hydrogen-bond donors (Lipinski definition) is 1. The van der Waals surface area contributed by atoms with Gasteiger partial charge in [0, 0.05) is 10.9 Å². The van der Waals surface area contributed by atoms with E-state index in [0.29, 0.717) is 16.7 Å². The number of ether oxygens (including phenoxy) is 1. The van der Waals surface area contributed by atoms with Gasteiger partial charge in [0.15, 0.2) is 6.61 Å². The van der Waals surface area contributed by atoms with Crippen molar-refractivity contribution in [2.45, 2.75) is 6.04 Å². The molecule has 0 bridgehead atoms. The maximum Gasteiger partial charge on any atom is 0.258 e. The van der Waals surface area contributed by atoms with Gasteiger partial charge in [-0.2, -0.15) is 0 Å². The van der Waals surface area contributed by atoms with E-state index in [-0.39, 0.29) is 18.6 Å². The molecular weight excluding hydrogens is 309 g/mol. The summed E-state index contributed by atoms with van der Waals surface area (Å²) in [5, 5.41) is 3.47. The Kier molecular flexibility index (Phi) is 5.90. The lowest BCUT2D eigenvalue weighted by molar-refractivity contribution is -0.123. The van der Waals surface area contributed by atoms with E-state index >= 15 is 0 Å². The van der Waals surface area contributed by atoms with Gasteiger partial charge in [-0.15, -0.1) is 11.6 Å². The van der Waals surface area contributed by atoms with Crippen LogP contribution in [0.5, 0.6) is 5.75 Å². The average Bonchev–Trinajstić information content (AvgIpc) is 2.53. The fourth-order valence-electron chi connectivity index (χ4n) is 1.81. The Balaban J connectivity index is 1.87. The minimum absolute atomic E-state index is 0.0676. The third kappa shape index (κ3) is 4.96. The number of carbonyl (C=O) groups is 1. The summed E-state index contributed by atoms with van der Waals surface area (Å²) in [4.78, 5) is 11.9. The van der Waals surface area contributed by atoms with Gasteiger partial charge in [0.05, 0.1) is 6.04 Å². The highest BCUT2D eigenvalue weighted by Gasteiger charge is 2.13. The molecule has 0 heterocycles. The topological polar surface area (TPSA) is 38.3 Å². The van der Waals surface area contributed by atoms with Gasteiger partial charge in [0.2, 0.25) is 0 Å². The molecule has 0 fully saturated rings. The Morgan fingerprint density at radius 2 is 1.76 bits per heavy atom. The largest absolute Gasteiger partial charge is 0.484 e. The summed E-state index contributed by atoms with van der Waals surface area (Å²) in [6.07, 6.45) is 0. The Morgan fingerprint density at radius 3 is 2.38 bits per heavy atom. The predicted octanol–water partition coefficient (Wildman–Crippen LogP) is 3.82. The molecule has 1 N–H and O–H groups in total. The number of hydrogen-bond acceptors (Lipinski definition) is 2. The highest BCUT2D eigenvalue weighted by Crippen LogP contribution is 2.16. The zero-order valence-corrected chi connectivity index (χ0v) is 12.8. The first-order valence-corrected chi connectivity index (χ1v) is 7.39. The van der Waals surface area contributed by atoms with Gasteiger partial charge in [0.25, 0.3) is 5.91 Å². The SMILES string of the molecule is O=C(COc1ccc(Cl)cc1)NC(CCl)c1ccccc1. The smallest absolute Gasteiger partial charge is 0.258 e. The van der Waals surface area contributed by atoms with Crippen LogP contribution in [0.15, 0.2) is 54.6 Å². The second-order valence-corrected chi connectivity index (χ2v) is 5.17. The first-order chi connectivity index (χ1) is 10.2. The van der Waals surface area contributed by atoms with E-state index in [1.165, 1.54) is 0 Å².